The zero-order valence-corrected chi connectivity index (χ0v) is 20.7. The van der Waals surface area contributed by atoms with Crippen molar-refractivity contribution in [3.63, 3.8) is 0 Å². The second-order valence-electron chi connectivity index (χ2n) is 9.95. The van der Waals surface area contributed by atoms with Gasteiger partial charge in [0.05, 0.1) is 23.5 Å². The van der Waals surface area contributed by atoms with Crippen molar-refractivity contribution in [1.82, 2.24) is 24.6 Å². The molecule has 0 saturated heterocycles. The van der Waals surface area contributed by atoms with Crippen LogP contribution >= 0.6 is 0 Å². The van der Waals surface area contributed by atoms with Crippen LogP contribution in [0.15, 0.2) is 59.6 Å². The van der Waals surface area contributed by atoms with E-state index in [1.54, 1.807) is 46.0 Å². The molecule has 0 spiro atoms. The third-order valence-corrected chi connectivity index (χ3v) is 6.24. The lowest BCUT2D eigenvalue weighted by atomic mass is 9.89. The number of nitriles is 1. The number of rotatable bonds is 5. The molecule has 2 N–H and O–H groups in total. The van der Waals surface area contributed by atoms with Crippen LogP contribution in [-0.4, -0.2) is 30.5 Å². The number of nitrogens with two attached hydrogens (primary N) is 1. The Morgan fingerprint density at radius 2 is 1.89 bits per heavy atom. The molecule has 5 aromatic rings. The molecule has 9 nitrogen and oxygen atoms in total. The first-order valence-corrected chi connectivity index (χ1v) is 11.5. The predicted molar refractivity (Wildman–Crippen MR) is 134 cm³/mol. The SMILES string of the molecule is Cn1cc(-c2cc(C#N)c3c(-c4ccc(C(C(N)=O)c5cc(C(C)(C)C)on5)c(F)c4)cnn3c2)cn1. The molecule has 10 heteroatoms. The number of pyridine rings is 1. The van der Waals surface area contributed by atoms with Crippen molar-refractivity contribution in [1.29, 1.82) is 5.26 Å². The van der Waals surface area contributed by atoms with Gasteiger partial charge in [-0.1, -0.05) is 38.1 Å². The van der Waals surface area contributed by atoms with Crippen molar-refractivity contribution in [2.45, 2.75) is 32.1 Å². The Bertz CT molecular complexity index is 1700. The van der Waals surface area contributed by atoms with Gasteiger partial charge < -0.3 is 10.3 Å². The molecular weight excluding hydrogens is 473 g/mol. The van der Waals surface area contributed by atoms with Gasteiger partial charge in [0.25, 0.3) is 0 Å². The standard InChI is InChI=1S/C27H24FN7O2/c1-27(2,3)23-9-22(33-37-23)24(26(30)36)19-6-5-15(8-21(19)28)20-12-32-35-14-17(7-16(10-29)25(20)35)18-11-31-34(4)13-18/h5-9,11-14,24H,1-4H3,(H2,30,36). The largest absolute Gasteiger partial charge is 0.369 e. The first-order valence-electron chi connectivity index (χ1n) is 11.5. The maximum absolute atomic E-state index is 15.5. The quantitative estimate of drug-likeness (QED) is 0.385. The van der Waals surface area contributed by atoms with Crippen LogP contribution in [0.5, 0.6) is 0 Å². The number of aromatic nitrogens is 5. The number of hydrogen-bond donors (Lipinski definition) is 1. The predicted octanol–water partition coefficient (Wildman–Crippen LogP) is 4.32. The molecule has 186 valence electrons. The van der Waals surface area contributed by atoms with E-state index < -0.39 is 17.6 Å². The van der Waals surface area contributed by atoms with Crippen molar-refractivity contribution in [2.24, 2.45) is 12.8 Å². The minimum atomic E-state index is -1.12. The highest BCUT2D eigenvalue weighted by Gasteiger charge is 2.30. The van der Waals surface area contributed by atoms with Crippen LogP contribution in [0.2, 0.25) is 0 Å². The van der Waals surface area contributed by atoms with Crippen LogP contribution in [-0.2, 0) is 17.3 Å². The van der Waals surface area contributed by atoms with Gasteiger partial charge in [0.15, 0.2) is 0 Å². The third kappa shape index (κ3) is 4.25. The fourth-order valence-corrected chi connectivity index (χ4v) is 4.31. The highest BCUT2D eigenvalue weighted by Crippen LogP contribution is 2.34. The Hall–Kier alpha value is -4.78. The zero-order valence-electron chi connectivity index (χ0n) is 20.7. The van der Waals surface area contributed by atoms with Crippen molar-refractivity contribution >= 4 is 11.4 Å². The smallest absolute Gasteiger partial charge is 0.231 e. The van der Waals surface area contributed by atoms with Crippen LogP contribution in [0, 0.1) is 17.1 Å². The normalized spacial score (nSPS) is 12.5. The number of fused-ring (bicyclic) bond motifs is 1. The van der Waals surface area contributed by atoms with Gasteiger partial charge in [0, 0.05) is 53.2 Å². The summed E-state index contributed by atoms with van der Waals surface area (Å²) in [6.07, 6.45) is 6.92. The molecule has 0 fully saturated rings. The molecule has 0 radical (unpaired) electrons. The monoisotopic (exact) mass is 497 g/mol. The first kappa shape index (κ1) is 23.9. The number of halogens is 1. The summed E-state index contributed by atoms with van der Waals surface area (Å²) in [4.78, 5) is 12.4. The van der Waals surface area contributed by atoms with Gasteiger partial charge in [-0.15, -0.1) is 0 Å². The lowest BCUT2D eigenvalue weighted by Crippen LogP contribution is -2.23. The zero-order chi connectivity index (χ0) is 26.5. The molecule has 37 heavy (non-hydrogen) atoms. The van der Waals surface area contributed by atoms with Crippen molar-refractivity contribution in [2.75, 3.05) is 0 Å². The number of primary amides is 1. The number of carbonyl (C=O) groups excluding carboxylic acids is 1. The van der Waals surface area contributed by atoms with Crippen LogP contribution in [0.25, 0.3) is 27.8 Å². The van der Waals surface area contributed by atoms with E-state index in [9.17, 15) is 10.1 Å². The van der Waals surface area contributed by atoms with E-state index in [1.807, 2.05) is 34.0 Å². The summed E-state index contributed by atoms with van der Waals surface area (Å²) in [7, 11) is 1.81. The topological polar surface area (TPSA) is 128 Å². The average Bonchev–Trinajstić information content (AvgIpc) is 3.59. The van der Waals surface area contributed by atoms with E-state index >= 15 is 4.39 Å². The minimum Gasteiger partial charge on any atom is -0.369 e. The summed E-state index contributed by atoms with van der Waals surface area (Å²) in [6.45, 7) is 5.83. The average molecular weight is 498 g/mol. The second-order valence-corrected chi connectivity index (χ2v) is 9.95. The first-order chi connectivity index (χ1) is 17.6. The summed E-state index contributed by atoms with van der Waals surface area (Å²) in [5.41, 5.74) is 9.26. The van der Waals surface area contributed by atoms with Gasteiger partial charge in [0.1, 0.15) is 29.3 Å². The Labute approximate surface area is 211 Å². The Kier molecular flexibility index (Phi) is 5.63. The highest BCUT2D eigenvalue weighted by atomic mass is 19.1. The number of nitrogens with zero attached hydrogens (tertiary/aromatic N) is 6. The molecule has 0 aliphatic rings. The second kappa shape index (κ2) is 8.71. The van der Waals surface area contributed by atoms with E-state index in [0.29, 0.717) is 28.0 Å². The Balaban J connectivity index is 1.57. The van der Waals surface area contributed by atoms with E-state index in [1.165, 1.54) is 12.1 Å². The van der Waals surface area contributed by atoms with Gasteiger partial charge in [-0.25, -0.2) is 8.91 Å². The van der Waals surface area contributed by atoms with Crippen molar-refractivity contribution in [3.8, 4) is 28.3 Å². The lowest BCUT2D eigenvalue weighted by molar-refractivity contribution is -0.118. The molecule has 1 aromatic carbocycles. The summed E-state index contributed by atoms with van der Waals surface area (Å²) >= 11 is 0. The molecule has 4 heterocycles. The minimum absolute atomic E-state index is 0.0841. The fourth-order valence-electron chi connectivity index (χ4n) is 4.31. The fraction of sp³-hybridized carbons (Fsp3) is 0.222. The maximum atomic E-state index is 15.5. The summed E-state index contributed by atoms with van der Waals surface area (Å²) in [5, 5.41) is 22.4. The molecule has 0 aliphatic carbocycles. The van der Waals surface area contributed by atoms with Gasteiger partial charge in [-0.2, -0.15) is 15.5 Å². The lowest BCUT2D eigenvalue weighted by Gasteiger charge is -2.14. The van der Waals surface area contributed by atoms with E-state index in [-0.39, 0.29) is 16.7 Å². The van der Waals surface area contributed by atoms with Crippen molar-refractivity contribution in [3.05, 3.63) is 83.5 Å². The van der Waals surface area contributed by atoms with Crippen molar-refractivity contribution < 1.29 is 13.7 Å². The van der Waals surface area contributed by atoms with Gasteiger partial charge >= 0.3 is 0 Å². The van der Waals surface area contributed by atoms with Crippen LogP contribution < -0.4 is 5.73 Å². The molecule has 0 bridgehead atoms. The summed E-state index contributed by atoms with van der Waals surface area (Å²) in [5.74, 6) is -1.93. The molecule has 0 saturated carbocycles. The van der Waals surface area contributed by atoms with Crippen LogP contribution in [0.3, 0.4) is 0 Å². The summed E-state index contributed by atoms with van der Waals surface area (Å²) < 4.78 is 24.1. The molecule has 1 amide bonds. The van der Waals surface area contributed by atoms with Gasteiger partial charge in [-0.05, 0) is 17.7 Å². The van der Waals surface area contributed by atoms with Gasteiger partial charge in [-0.3, -0.25) is 9.48 Å². The molecule has 4 aromatic heterocycles. The van der Waals surface area contributed by atoms with Gasteiger partial charge in [0.2, 0.25) is 5.91 Å². The third-order valence-electron chi connectivity index (χ3n) is 6.24. The van der Waals surface area contributed by atoms with Crippen LogP contribution in [0.4, 0.5) is 4.39 Å². The molecule has 0 aliphatic heterocycles. The number of hydrogen-bond acceptors (Lipinski definition) is 6. The number of carbonyl (C=O) groups is 1. The summed E-state index contributed by atoms with van der Waals surface area (Å²) in [6, 6.07) is 10.1. The molecular formula is C27H24FN7O2. The maximum Gasteiger partial charge on any atom is 0.231 e. The number of amides is 1. The van der Waals surface area contributed by atoms with E-state index in [2.05, 4.69) is 21.4 Å². The number of aryl methyl sites for hydroxylation is 1. The molecule has 5 rings (SSSR count). The highest BCUT2D eigenvalue weighted by molar-refractivity contribution is 5.88. The Morgan fingerprint density at radius 3 is 2.49 bits per heavy atom. The molecule has 1 atom stereocenters. The van der Waals surface area contributed by atoms with E-state index in [4.69, 9.17) is 10.3 Å². The van der Waals surface area contributed by atoms with E-state index in [0.717, 1.165) is 11.1 Å². The molecule has 1 unspecified atom stereocenters. The van der Waals surface area contributed by atoms with Crippen LogP contribution in [0.1, 0.15) is 49.3 Å². The Morgan fingerprint density at radius 1 is 1.11 bits per heavy atom. The number of benzene rings is 1.